The van der Waals surface area contributed by atoms with E-state index in [1.165, 1.54) is 11.0 Å². The Hall–Kier alpha value is -4.40. The Morgan fingerprint density at radius 2 is 1.88 bits per heavy atom. The topological polar surface area (TPSA) is 181 Å². The maximum atomic E-state index is 14.3. The van der Waals surface area contributed by atoms with Gasteiger partial charge >= 0.3 is 12.2 Å². The van der Waals surface area contributed by atoms with Crippen LogP contribution in [0.2, 0.25) is 0 Å². The molecule has 1 saturated heterocycles. The van der Waals surface area contributed by atoms with Crippen molar-refractivity contribution >= 4 is 46.0 Å². The maximum Gasteiger partial charge on any atom is 0.410 e. The van der Waals surface area contributed by atoms with Crippen molar-refractivity contribution in [3.63, 3.8) is 0 Å². The van der Waals surface area contributed by atoms with Crippen molar-refractivity contribution < 1.29 is 41.9 Å². The molecular formula is C37H47N5O9S. The lowest BCUT2D eigenvalue weighted by Crippen LogP contribution is -2.59. The van der Waals surface area contributed by atoms with Crippen LogP contribution in [0.25, 0.3) is 6.08 Å². The second kappa shape index (κ2) is 13.2. The summed E-state index contributed by atoms with van der Waals surface area (Å²) in [6, 6.07) is 3.65. The molecule has 4 fully saturated rings. The van der Waals surface area contributed by atoms with E-state index >= 15 is 0 Å². The van der Waals surface area contributed by atoms with Crippen LogP contribution in [0, 0.1) is 17.8 Å². The number of fused-ring (bicyclic) bond motifs is 4. The minimum Gasteiger partial charge on any atom is -0.444 e. The number of nitrogens with one attached hydrogen (secondary N) is 3. The van der Waals surface area contributed by atoms with Crippen LogP contribution in [-0.2, 0) is 47.0 Å². The number of amides is 5. The highest BCUT2D eigenvalue weighted by Crippen LogP contribution is 2.49. The van der Waals surface area contributed by atoms with Gasteiger partial charge in [-0.05, 0) is 68.1 Å². The van der Waals surface area contributed by atoms with Gasteiger partial charge in [0.25, 0.3) is 5.91 Å². The van der Waals surface area contributed by atoms with Gasteiger partial charge in [-0.25, -0.2) is 18.0 Å². The third kappa shape index (κ3) is 6.91. The van der Waals surface area contributed by atoms with E-state index in [9.17, 15) is 32.4 Å². The van der Waals surface area contributed by atoms with Crippen molar-refractivity contribution in [2.75, 3.05) is 6.54 Å². The molecule has 0 spiro atoms. The first-order valence-corrected chi connectivity index (χ1v) is 19.7. The molecule has 1 aromatic rings. The van der Waals surface area contributed by atoms with E-state index in [4.69, 9.17) is 9.47 Å². The average molecular weight is 738 g/mol. The van der Waals surface area contributed by atoms with Crippen molar-refractivity contribution in [2.24, 2.45) is 17.8 Å². The lowest BCUT2D eigenvalue weighted by atomic mass is 10.0. The van der Waals surface area contributed by atoms with Gasteiger partial charge in [-0.1, -0.05) is 50.3 Å². The van der Waals surface area contributed by atoms with Crippen molar-refractivity contribution in [1.82, 2.24) is 25.2 Å². The van der Waals surface area contributed by atoms with Crippen molar-refractivity contribution in [3.05, 3.63) is 53.6 Å². The predicted molar refractivity (Wildman–Crippen MR) is 188 cm³/mol. The SMILES string of the molecule is C=CC1CC1(NC(=O)C1CC2CN1C(=O)C(C(C)C)NC(=O)OC1(C)CC1CC/C=C/c1cccc3c1CN(C3)C(=O)O2)C(=O)NS(=O)(=O)C1CC1. The van der Waals surface area contributed by atoms with Gasteiger partial charge in [0.1, 0.15) is 29.3 Å². The van der Waals surface area contributed by atoms with E-state index in [2.05, 4.69) is 34.1 Å². The minimum atomic E-state index is -3.91. The highest BCUT2D eigenvalue weighted by molar-refractivity contribution is 7.91. The van der Waals surface area contributed by atoms with Crippen LogP contribution in [0.15, 0.2) is 36.9 Å². The van der Waals surface area contributed by atoms with Crippen LogP contribution >= 0.6 is 0 Å². The summed E-state index contributed by atoms with van der Waals surface area (Å²) in [5, 5.41) is 4.82. The zero-order valence-electron chi connectivity index (χ0n) is 29.8. The van der Waals surface area contributed by atoms with E-state index in [0.717, 1.165) is 29.5 Å². The summed E-state index contributed by atoms with van der Waals surface area (Å²) >= 11 is 0. The number of sulfonamides is 1. The fourth-order valence-corrected chi connectivity index (χ4v) is 9.24. The molecule has 14 nitrogen and oxygen atoms in total. The molecule has 1 aromatic carbocycles. The highest BCUT2D eigenvalue weighted by atomic mass is 32.2. The number of alkyl carbamates (subject to hydrolysis) is 1. The first-order chi connectivity index (χ1) is 24.6. The van der Waals surface area contributed by atoms with Crippen molar-refractivity contribution in [3.8, 4) is 0 Å². The Morgan fingerprint density at radius 3 is 2.58 bits per heavy atom. The predicted octanol–water partition coefficient (Wildman–Crippen LogP) is 3.11. The summed E-state index contributed by atoms with van der Waals surface area (Å²) in [6.07, 6.45) is 6.65. The number of benzene rings is 1. The molecule has 0 radical (unpaired) electrons. The third-order valence-corrected chi connectivity index (χ3v) is 13.3. The van der Waals surface area contributed by atoms with Crippen LogP contribution in [-0.4, -0.2) is 89.2 Å². The number of allylic oxidation sites excluding steroid dienone is 1. The Labute approximate surface area is 303 Å². The van der Waals surface area contributed by atoms with Gasteiger partial charge in [-0.3, -0.25) is 24.0 Å². The summed E-state index contributed by atoms with van der Waals surface area (Å²) in [5.74, 6) is -2.94. The largest absolute Gasteiger partial charge is 0.444 e. The van der Waals surface area contributed by atoms with Crippen LogP contribution in [0.3, 0.4) is 0 Å². The zero-order valence-corrected chi connectivity index (χ0v) is 30.6. The van der Waals surface area contributed by atoms with Crippen LogP contribution < -0.4 is 15.4 Å². The zero-order chi connectivity index (χ0) is 37.2. The number of nitrogens with zero attached hydrogens (tertiary/aromatic N) is 2. The van der Waals surface area contributed by atoms with Crippen LogP contribution in [0.1, 0.15) is 82.4 Å². The fraction of sp³-hybridized carbons (Fsp3) is 0.595. The molecule has 280 valence electrons. The molecule has 7 atom stereocenters. The molecule has 4 bridgehead atoms. The summed E-state index contributed by atoms with van der Waals surface area (Å²) in [6.45, 7) is 9.70. The number of hydrogen-bond donors (Lipinski definition) is 3. The van der Waals surface area contributed by atoms with E-state index in [-0.39, 0.29) is 25.3 Å². The number of carbonyl (C=O) groups is 5. The molecule has 7 rings (SSSR count). The van der Waals surface area contributed by atoms with Crippen LogP contribution in [0.4, 0.5) is 9.59 Å². The number of ether oxygens (including phenoxy) is 2. The second-order valence-electron chi connectivity index (χ2n) is 15.7. The fourth-order valence-electron chi connectivity index (χ4n) is 7.88. The maximum absolute atomic E-state index is 14.3. The second-order valence-corrected chi connectivity index (χ2v) is 17.7. The van der Waals surface area contributed by atoms with E-state index in [0.29, 0.717) is 32.4 Å². The molecule has 3 heterocycles. The van der Waals surface area contributed by atoms with Crippen molar-refractivity contribution in [2.45, 2.75) is 113 Å². The lowest BCUT2D eigenvalue weighted by molar-refractivity contribution is -0.141. The normalized spacial score (nSPS) is 33.6. The summed E-state index contributed by atoms with van der Waals surface area (Å²) in [7, 11) is -3.91. The Kier molecular flexibility index (Phi) is 9.15. The molecule has 3 saturated carbocycles. The molecule has 3 aliphatic heterocycles. The number of carbonyl (C=O) groups excluding carboxylic acids is 5. The Balaban J connectivity index is 1.15. The molecule has 6 aliphatic rings. The molecular weight excluding hydrogens is 691 g/mol. The number of hydrogen-bond acceptors (Lipinski definition) is 9. The lowest BCUT2D eigenvalue weighted by Gasteiger charge is -2.31. The standard InChI is InChI=1S/C37H47N5O9S/c1-5-24-17-37(24,33(45)40-52(48,49)27-13-14-27)39-31(43)29-15-26-19-42(29)32(44)30(21(2)3)38-34(46)51-36(4)16-25(36)12-7-6-9-22-10-8-11-23-18-41(20-28(22)23)35(47)50-26/h5-6,8-11,21,24-27,29-30H,1,7,12-20H2,2-4H3,(H,38,46)(H,39,43)(H,40,45)/b9-6+. The van der Waals surface area contributed by atoms with Gasteiger partial charge in [0.2, 0.25) is 21.8 Å². The quantitative estimate of drug-likeness (QED) is 0.355. The number of rotatable bonds is 7. The smallest absolute Gasteiger partial charge is 0.410 e. The van der Waals surface area contributed by atoms with Crippen molar-refractivity contribution in [1.29, 1.82) is 0 Å². The molecule has 7 unspecified atom stereocenters. The van der Waals surface area contributed by atoms with Gasteiger partial charge < -0.3 is 25.0 Å². The van der Waals surface area contributed by atoms with Crippen LogP contribution in [0.5, 0.6) is 0 Å². The third-order valence-electron chi connectivity index (χ3n) is 11.5. The van der Waals surface area contributed by atoms with Gasteiger partial charge in [0, 0.05) is 24.8 Å². The Morgan fingerprint density at radius 1 is 1.12 bits per heavy atom. The van der Waals surface area contributed by atoms with Gasteiger partial charge in [0.15, 0.2) is 0 Å². The van der Waals surface area contributed by atoms with E-state index in [1.54, 1.807) is 18.7 Å². The monoisotopic (exact) mass is 737 g/mol. The first-order valence-electron chi connectivity index (χ1n) is 18.2. The summed E-state index contributed by atoms with van der Waals surface area (Å²) in [4.78, 5) is 71.6. The molecule has 5 amide bonds. The molecule has 52 heavy (non-hydrogen) atoms. The summed E-state index contributed by atoms with van der Waals surface area (Å²) in [5.41, 5.74) is 0.797. The van der Waals surface area contributed by atoms with E-state index in [1.807, 2.05) is 25.1 Å². The highest BCUT2D eigenvalue weighted by Gasteiger charge is 2.62. The van der Waals surface area contributed by atoms with Gasteiger partial charge in [0.05, 0.1) is 18.3 Å². The molecule has 15 heteroatoms. The van der Waals surface area contributed by atoms with E-state index < -0.39 is 86.3 Å². The first kappa shape index (κ1) is 36.0. The van der Waals surface area contributed by atoms with Gasteiger partial charge in [-0.15, -0.1) is 6.58 Å². The average Bonchev–Trinajstić information content (AvgIpc) is 4.04. The minimum absolute atomic E-state index is 0.0794. The van der Waals surface area contributed by atoms with Gasteiger partial charge in [-0.2, -0.15) is 0 Å². The summed E-state index contributed by atoms with van der Waals surface area (Å²) < 4.78 is 39.2. The molecule has 3 N–H and O–H groups in total. The molecule has 3 aliphatic carbocycles. The Bertz CT molecular complexity index is 1840. The molecule has 0 aromatic heterocycles.